The third-order valence-corrected chi connectivity index (χ3v) is 9.05. The standard InChI is InChI=1S/C31H29ClN8O4S2.2ClH/c32-20-5-1-19(2-6-20)28-39-21(16-45-28)17-46-29-24(15-35)26(23(14-34)27(37)40-29)18-3-7-22(8-4-18)44-12-9-31(30(42)43,13-25(36)41)38-11-10-33;;/h1-8,16,38H,9-13,17,33H2,(H2,36,41)(H2,37,40)(H,42,43);2*1H/t31-;;/m0../s1. The number of primary amides is 1. The number of benzene rings is 2. The van der Waals surface area contributed by atoms with E-state index in [0.717, 1.165) is 16.3 Å². The lowest BCUT2D eigenvalue weighted by Gasteiger charge is -2.29. The fraction of sp³-hybridized carbons (Fsp3) is 0.226. The van der Waals surface area contributed by atoms with Gasteiger partial charge in [-0.2, -0.15) is 10.5 Å². The molecule has 8 N–H and O–H groups in total. The first-order valence-electron chi connectivity index (χ1n) is 13.8. The molecule has 0 saturated carbocycles. The molecule has 0 aliphatic carbocycles. The Morgan fingerprint density at radius 3 is 2.27 bits per heavy atom. The number of thioether (sulfide) groups is 1. The minimum atomic E-state index is -1.63. The number of carbonyl (C=O) groups excluding carboxylic acids is 1. The van der Waals surface area contributed by atoms with Crippen LogP contribution in [0.25, 0.3) is 21.7 Å². The van der Waals surface area contributed by atoms with Crippen LogP contribution in [0.15, 0.2) is 58.9 Å². The summed E-state index contributed by atoms with van der Waals surface area (Å²) in [6.07, 6.45) is -0.500. The van der Waals surface area contributed by atoms with Gasteiger partial charge in [0.25, 0.3) is 0 Å². The van der Waals surface area contributed by atoms with E-state index in [-0.39, 0.29) is 67.9 Å². The first-order valence-corrected chi connectivity index (χ1v) is 16.0. The van der Waals surface area contributed by atoms with Crippen LogP contribution in [0.3, 0.4) is 0 Å². The average molecular weight is 750 g/mol. The van der Waals surface area contributed by atoms with Gasteiger partial charge in [0.2, 0.25) is 5.91 Å². The summed E-state index contributed by atoms with van der Waals surface area (Å²) in [4.78, 5) is 32.7. The molecule has 0 radical (unpaired) electrons. The van der Waals surface area contributed by atoms with E-state index in [1.54, 1.807) is 36.4 Å². The molecule has 0 aliphatic rings. The lowest BCUT2D eigenvalue weighted by molar-refractivity contribution is -0.147. The van der Waals surface area contributed by atoms with Crippen molar-refractivity contribution in [1.82, 2.24) is 15.3 Å². The van der Waals surface area contributed by atoms with Crippen molar-refractivity contribution >= 4 is 77.2 Å². The average Bonchev–Trinajstić information content (AvgIpc) is 3.51. The number of hydrogen-bond acceptors (Lipinski definition) is 12. The van der Waals surface area contributed by atoms with Crippen molar-refractivity contribution < 1.29 is 19.4 Å². The van der Waals surface area contributed by atoms with Gasteiger partial charge in [0.1, 0.15) is 44.8 Å². The van der Waals surface area contributed by atoms with Crippen molar-refractivity contribution in [3.63, 3.8) is 0 Å². The number of aromatic nitrogens is 2. The van der Waals surface area contributed by atoms with E-state index in [4.69, 9.17) is 33.5 Å². The minimum absolute atomic E-state index is 0. The Bertz CT molecular complexity index is 1810. The first-order chi connectivity index (χ1) is 22.1. The number of nitrogens with one attached hydrogen (secondary N) is 1. The second-order valence-corrected chi connectivity index (χ2v) is 12.2. The predicted molar refractivity (Wildman–Crippen MR) is 191 cm³/mol. The molecule has 2 heterocycles. The zero-order chi connectivity index (χ0) is 33.3. The van der Waals surface area contributed by atoms with Crippen LogP contribution in [0, 0.1) is 22.7 Å². The normalized spacial score (nSPS) is 11.6. The number of nitrogens with two attached hydrogens (primary N) is 3. The number of anilines is 1. The number of carboxylic acid groups (broad SMARTS) is 1. The van der Waals surface area contributed by atoms with Crippen LogP contribution >= 0.6 is 59.5 Å². The van der Waals surface area contributed by atoms with Crippen LogP contribution in [-0.4, -0.2) is 52.2 Å². The molecule has 4 rings (SSSR count). The third kappa shape index (κ3) is 9.71. The van der Waals surface area contributed by atoms with Crippen molar-refractivity contribution in [3.05, 3.63) is 75.8 Å². The number of nitriles is 2. The first kappa shape index (κ1) is 40.1. The van der Waals surface area contributed by atoms with Gasteiger partial charge >= 0.3 is 5.97 Å². The SMILES string of the molecule is Cl.Cl.N#Cc1c(N)nc(SCc2csc(-c3ccc(Cl)cc3)n2)c(C#N)c1-c1ccc(OCC[C@@](CC(N)=O)(NCCN)C(=O)O)cc1. The largest absolute Gasteiger partial charge is 0.494 e. The van der Waals surface area contributed by atoms with Gasteiger partial charge in [-0.1, -0.05) is 47.6 Å². The number of nitrogen functional groups attached to an aromatic ring is 1. The number of aliphatic carboxylic acids is 1. The van der Waals surface area contributed by atoms with Gasteiger partial charge in [0.05, 0.1) is 24.3 Å². The Balaban J connectivity index is 0.00000400. The lowest BCUT2D eigenvalue weighted by atomic mass is 9.91. The summed E-state index contributed by atoms with van der Waals surface area (Å²) in [6.45, 7) is 0.282. The summed E-state index contributed by atoms with van der Waals surface area (Å²) in [7, 11) is 0. The quantitative estimate of drug-likeness (QED) is 0.101. The highest BCUT2D eigenvalue weighted by molar-refractivity contribution is 7.98. The number of hydrogen-bond donors (Lipinski definition) is 5. The maximum absolute atomic E-state index is 12.0. The lowest BCUT2D eigenvalue weighted by Crippen LogP contribution is -2.56. The fourth-order valence-corrected chi connectivity index (χ4v) is 6.54. The summed E-state index contributed by atoms with van der Waals surface area (Å²) in [5.41, 5.74) is 18.2. The zero-order valence-corrected chi connectivity index (χ0v) is 29.2. The van der Waals surface area contributed by atoms with Crippen molar-refractivity contribution in [2.75, 3.05) is 25.4 Å². The molecule has 2 aromatic carbocycles. The van der Waals surface area contributed by atoms with Crippen LogP contribution < -0.4 is 27.3 Å². The predicted octanol–water partition coefficient (Wildman–Crippen LogP) is 5.00. The van der Waals surface area contributed by atoms with Crippen LogP contribution in [0.4, 0.5) is 5.82 Å². The number of nitrogens with zero attached hydrogens (tertiary/aromatic N) is 4. The highest BCUT2D eigenvalue weighted by Crippen LogP contribution is 2.37. The summed E-state index contributed by atoms with van der Waals surface area (Å²) in [5, 5.41) is 36.4. The van der Waals surface area contributed by atoms with Gasteiger partial charge in [0, 0.05) is 46.8 Å². The van der Waals surface area contributed by atoms with E-state index in [2.05, 4.69) is 27.4 Å². The van der Waals surface area contributed by atoms with Crippen LogP contribution in [0.5, 0.6) is 5.75 Å². The Labute approximate surface area is 302 Å². The van der Waals surface area contributed by atoms with Gasteiger partial charge < -0.3 is 32.4 Å². The Morgan fingerprint density at radius 2 is 1.69 bits per heavy atom. The Kier molecular flexibility index (Phi) is 15.4. The maximum Gasteiger partial charge on any atom is 0.324 e. The number of thiazole rings is 1. The van der Waals surface area contributed by atoms with Gasteiger partial charge in [-0.05, 0) is 29.8 Å². The molecule has 0 bridgehead atoms. The monoisotopic (exact) mass is 748 g/mol. The summed E-state index contributed by atoms with van der Waals surface area (Å²) in [6, 6.07) is 18.2. The second kappa shape index (κ2) is 18.4. The maximum atomic E-state index is 12.0. The Hall–Kier alpha value is -4.12. The van der Waals surface area contributed by atoms with Crippen molar-refractivity contribution in [2.45, 2.75) is 29.2 Å². The number of ether oxygens (including phenoxy) is 1. The number of pyridine rings is 1. The zero-order valence-electron chi connectivity index (χ0n) is 25.1. The number of rotatable bonds is 15. The number of carbonyl (C=O) groups is 2. The van der Waals surface area contributed by atoms with Crippen LogP contribution in [0.2, 0.25) is 5.02 Å². The van der Waals surface area contributed by atoms with Gasteiger partial charge in [-0.15, -0.1) is 36.2 Å². The fourth-order valence-electron chi connectivity index (χ4n) is 4.60. The number of amides is 1. The molecular formula is C31H31Cl3N8O4S2. The molecule has 48 heavy (non-hydrogen) atoms. The highest BCUT2D eigenvalue weighted by atomic mass is 35.5. The van der Waals surface area contributed by atoms with E-state index >= 15 is 0 Å². The van der Waals surface area contributed by atoms with Crippen molar-refractivity contribution in [2.24, 2.45) is 11.5 Å². The summed E-state index contributed by atoms with van der Waals surface area (Å²) >= 11 is 8.77. The molecular weight excluding hydrogens is 719 g/mol. The molecule has 12 nitrogen and oxygen atoms in total. The van der Waals surface area contributed by atoms with Gasteiger partial charge in [0.15, 0.2) is 0 Å². The van der Waals surface area contributed by atoms with E-state index < -0.39 is 23.8 Å². The molecule has 0 unspecified atom stereocenters. The van der Waals surface area contributed by atoms with Crippen molar-refractivity contribution in [3.8, 4) is 39.6 Å². The van der Waals surface area contributed by atoms with Crippen LogP contribution in [0.1, 0.15) is 29.7 Å². The smallest absolute Gasteiger partial charge is 0.324 e. The minimum Gasteiger partial charge on any atom is -0.494 e. The summed E-state index contributed by atoms with van der Waals surface area (Å²) in [5.74, 6) is -1.22. The van der Waals surface area contributed by atoms with E-state index in [9.17, 15) is 25.2 Å². The molecule has 0 aliphatic heterocycles. The molecule has 0 fully saturated rings. The van der Waals surface area contributed by atoms with Crippen LogP contribution in [-0.2, 0) is 15.3 Å². The van der Waals surface area contributed by atoms with Crippen molar-refractivity contribution in [1.29, 1.82) is 10.5 Å². The molecule has 4 aromatic rings. The Morgan fingerprint density at radius 1 is 1.04 bits per heavy atom. The third-order valence-electron chi connectivity index (χ3n) is 6.85. The summed E-state index contributed by atoms with van der Waals surface area (Å²) < 4.78 is 5.78. The molecule has 1 atom stereocenters. The van der Waals surface area contributed by atoms with Gasteiger partial charge in [-0.3, -0.25) is 9.59 Å². The van der Waals surface area contributed by atoms with E-state index in [1.165, 1.54) is 23.1 Å². The molecule has 2 aromatic heterocycles. The molecule has 0 saturated heterocycles. The highest BCUT2D eigenvalue weighted by Gasteiger charge is 2.39. The molecule has 252 valence electrons. The van der Waals surface area contributed by atoms with E-state index in [0.29, 0.717) is 32.7 Å². The number of carboxylic acids is 1. The topological polar surface area (TPSA) is 227 Å². The molecule has 17 heteroatoms. The molecule has 0 spiro atoms. The van der Waals surface area contributed by atoms with Gasteiger partial charge in [-0.25, -0.2) is 9.97 Å². The molecule has 1 amide bonds. The second-order valence-electron chi connectivity index (χ2n) is 9.96. The number of halogens is 3. The van der Waals surface area contributed by atoms with E-state index in [1.807, 2.05) is 17.5 Å².